The third kappa shape index (κ3) is 2.46. The smallest absolute Gasteiger partial charge is 0.195 e. The summed E-state index contributed by atoms with van der Waals surface area (Å²) in [4.78, 5) is 12.4. The summed E-state index contributed by atoms with van der Waals surface area (Å²) in [7, 11) is 0. The lowest BCUT2D eigenvalue weighted by Gasteiger charge is -2.09. The number of rotatable bonds is 2. The molecular weight excluding hydrogens is 290 g/mol. The Morgan fingerprint density at radius 1 is 1.11 bits per heavy atom. The number of aryl methyl sites for hydroxylation is 2. The molecular formula is C15H14BrNO. The van der Waals surface area contributed by atoms with Gasteiger partial charge >= 0.3 is 0 Å². The molecule has 0 radical (unpaired) electrons. The number of ketones is 1. The van der Waals surface area contributed by atoms with E-state index in [0.717, 1.165) is 15.6 Å². The van der Waals surface area contributed by atoms with Crippen LogP contribution in [0.4, 0.5) is 5.69 Å². The van der Waals surface area contributed by atoms with Crippen LogP contribution in [0.25, 0.3) is 0 Å². The fourth-order valence-electron chi connectivity index (χ4n) is 1.82. The standard InChI is InChI=1S/C15H14BrNO/c1-9-6-13(14(17)7-10(9)2)15(18)11-4-3-5-12(16)8-11/h3-8H,17H2,1-2H3. The van der Waals surface area contributed by atoms with Crippen molar-refractivity contribution in [1.82, 2.24) is 0 Å². The molecule has 18 heavy (non-hydrogen) atoms. The van der Waals surface area contributed by atoms with E-state index in [9.17, 15) is 4.79 Å². The summed E-state index contributed by atoms with van der Waals surface area (Å²) >= 11 is 3.36. The number of nitrogen functional groups attached to an aromatic ring is 1. The van der Waals surface area contributed by atoms with Gasteiger partial charge in [0.25, 0.3) is 0 Å². The van der Waals surface area contributed by atoms with Crippen LogP contribution in [0.5, 0.6) is 0 Å². The SMILES string of the molecule is Cc1cc(N)c(C(=O)c2cccc(Br)c2)cc1C. The number of hydrogen-bond donors (Lipinski definition) is 1. The van der Waals surface area contributed by atoms with Crippen molar-refractivity contribution in [3.8, 4) is 0 Å². The maximum absolute atomic E-state index is 12.4. The van der Waals surface area contributed by atoms with Crippen molar-refractivity contribution in [1.29, 1.82) is 0 Å². The number of nitrogens with two attached hydrogens (primary N) is 1. The lowest BCUT2D eigenvalue weighted by molar-refractivity contribution is 0.103. The van der Waals surface area contributed by atoms with Gasteiger partial charge in [-0.3, -0.25) is 4.79 Å². The van der Waals surface area contributed by atoms with Crippen LogP contribution in [0.1, 0.15) is 27.0 Å². The molecule has 0 bridgehead atoms. The summed E-state index contributed by atoms with van der Waals surface area (Å²) in [6.45, 7) is 3.96. The van der Waals surface area contributed by atoms with Gasteiger partial charge in [-0.15, -0.1) is 0 Å². The first-order valence-electron chi connectivity index (χ1n) is 5.66. The molecule has 0 aromatic heterocycles. The molecule has 0 heterocycles. The second-order valence-electron chi connectivity index (χ2n) is 4.36. The van der Waals surface area contributed by atoms with Crippen LogP contribution < -0.4 is 5.73 Å². The van der Waals surface area contributed by atoms with E-state index >= 15 is 0 Å². The highest BCUT2D eigenvalue weighted by atomic mass is 79.9. The molecule has 0 saturated heterocycles. The second-order valence-corrected chi connectivity index (χ2v) is 5.28. The van der Waals surface area contributed by atoms with Gasteiger partial charge in [0.2, 0.25) is 0 Å². The Labute approximate surface area is 115 Å². The summed E-state index contributed by atoms with van der Waals surface area (Å²) in [5.74, 6) is -0.0445. The molecule has 3 heteroatoms. The molecule has 0 unspecified atom stereocenters. The Kier molecular flexibility index (Phi) is 3.53. The van der Waals surface area contributed by atoms with Crippen molar-refractivity contribution >= 4 is 27.4 Å². The van der Waals surface area contributed by atoms with E-state index in [0.29, 0.717) is 16.8 Å². The Morgan fingerprint density at radius 2 is 1.78 bits per heavy atom. The summed E-state index contributed by atoms with van der Waals surface area (Å²) < 4.78 is 0.885. The fraction of sp³-hybridized carbons (Fsp3) is 0.133. The number of benzene rings is 2. The maximum atomic E-state index is 12.4. The Morgan fingerprint density at radius 3 is 2.44 bits per heavy atom. The minimum absolute atomic E-state index is 0.0445. The van der Waals surface area contributed by atoms with Crippen LogP contribution in [-0.4, -0.2) is 5.78 Å². The summed E-state index contributed by atoms with van der Waals surface area (Å²) in [5, 5.41) is 0. The minimum atomic E-state index is -0.0445. The fourth-order valence-corrected chi connectivity index (χ4v) is 2.22. The summed E-state index contributed by atoms with van der Waals surface area (Å²) in [6, 6.07) is 11.0. The average molecular weight is 304 g/mol. The van der Waals surface area contributed by atoms with Crippen molar-refractivity contribution in [3.05, 3.63) is 63.1 Å². The first kappa shape index (κ1) is 12.8. The lowest BCUT2D eigenvalue weighted by atomic mass is 9.97. The number of carbonyl (C=O) groups excluding carboxylic acids is 1. The Hall–Kier alpha value is -1.61. The molecule has 0 fully saturated rings. The number of carbonyl (C=O) groups is 1. The van der Waals surface area contributed by atoms with Crippen molar-refractivity contribution in [3.63, 3.8) is 0 Å². The molecule has 0 aliphatic rings. The zero-order valence-electron chi connectivity index (χ0n) is 10.3. The third-order valence-electron chi connectivity index (χ3n) is 3.00. The zero-order chi connectivity index (χ0) is 13.3. The highest BCUT2D eigenvalue weighted by Gasteiger charge is 2.13. The third-order valence-corrected chi connectivity index (χ3v) is 3.49. The summed E-state index contributed by atoms with van der Waals surface area (Å²) in [6.07, 6.45) is 0. The average Bonchev–Trinajstić information content (AvgIpc) is 2.33. The van der Waals surface area contributed by atoms with Gasteiger partial charge < -0.3 is 5.73 Å². The largest absolute Gasteiger partial charge is 0.398 e. The zero-order valence-corrected chi connectivity index (χ0v) is 11.9. The van der Waals surface area contributed by atoms with Gasteiger partial charge in [0.05, 0.1) is 0 Å². The monoisotopic (exact) mass is 303 g/mol. The molecule has 2 aromatic carbocycles. The number of hydrogen-bond acceptors (Lipinski definition) is 2. The molecule has 92 valence electrons. The van der Waals surface area contributed by atoms with Crippen molar-refractivity contribution < 1.29 is 4.79 Å². The molecule has 0 amide bonds. The molecule has 2 N–H and O–H groups in total. The molecule has 0 spiro atoms. The van der Waals surface area contributed by atoms with Gasteiger partial charge in [-0.2, -0.15) is 0 Å². The van der Waals surface area contributed by atoms with Crippen LogP contribution >= 0.6 is 15.9 Å². The van der Waals surface area contributed by atoms with Crippen LogP contribution in [0.15, 0.2) is 40.9 Å². The molecule has 2 rings (SSSR count). The first-order valence-corrected chi connectivity index (χ1v) is 6.45. The van der Waals surface area contributed by atoms with Gasteiger partial charge in [-0.25, -0.2) is 0 Å². The minimum Gasteiger partial charge on any atom is -0.398 e. The molecule has 0 aliphatic carbocycles. The van der Waals surface area contributed by atoms with E-state index in [2.05, 4.69) is 15.9 Å². The van der Waals surface area contributed by atoms with Crippen LogP contribution in [-0.2, 0) is 0 Å². The quantitative estimate of drug-likeness (QED) is 0.676. The number of anilines is 1. The van der Waals surface area contributed by atoms with E-state index in [-0.39, 0.29) is 5.78 Å². The van der Waals surface area contributed by atoms with Gasteiger partial charge in [-0.1, -0.05) is 28.1 Å². The van der Waals surface area contributed by atoms with E-state index in [4.69, 9.17) is 5.73 Å². The molecule has 0 saturated carbocycles. The van der Waals surface area contributed by atoms with Gasteiger partial charge in [0.1, 0.15) is 0 Å². The van der Waals surface area contributed by atoms with Crippen LogP contribution in [0, 0.1) is 13.8 Å². The predicted molar refractivity (Wildman–Crippen MR) is 77.9 cm³/mol. The highest BCUT2D eigenvalue weighted by Crippen LogP contribution is 2.22. The topological polar surface area (TPSA) is 43.1 Å². The normalized spacial score (nSPS) is 10.4. The first-order chi connectivity index (χ1) is 8.49. The van der Waals surface area contributed by atoms with Gasteiger partial charge in [-0.05, 0) is 49.2 Å². The van der Waals surface area contributed by atoms with E-state index in [1.807, 2.05) is 38.1 Å². The number of halogens is 1. The van der Waals surface area contributed by atoms with Gasteiger partial charge in [0.15, 0.2) is 5.78 Å². The van der Waals surface area contributed by atoms with Gasteiger partial charge in [0, 0.05) is 21.3 Å². The molecule has 0 atom stereocenters. The molecule has 0 aliphatic heterocycles. The van der Waals surface area contributed by atoms with E-state index < -0.39 is 0 Å². The lowest BCUT2D eigenvalue weighted by Crippen LogP contribution is -2.06. The maximum Gasteiger partial charge on any atom is 0.195 e. The Bertz CT molecular complexity index is 620. The predicted octanol–water partition coefficient (Wildman–Crippen LogP) is 3.88. The van der Waals surface area contributed by atoms with Crippen molar-refractivity contribution in [2.24, 2.45) is 0 Å². The van der Waals surface area contributed by atoms with E-state index in [1.54, 1.807) is 12.1 Å². The van der Waals surface area contributed by atoms with Crippen LogP contribution in [0.3, 0.4) is 0 Å². The second kappa shape index (κ2) is 4.94. The summed E-state index contributed by atoms with van der Waals surface area (Å²) in [5.41, 5.74) is 9.84. The van der Waals surface area contributed by atoms with Crippen molar-refractivity contribution in [2.75, 3.05) is 5.73 Å². The van der Waals surface area contributed by atoms with E-state index in [1.165, 1.54) is 0 Å². The molecule has 2 aromatic rings. The van der Waals surface area contributed by atoms with Crippen molar-refractivity contribution in [2.45, 2.75) is 13.8 Å². The Balaban J connectivity index is 2.49. The molecule has 2 nitrogen and oxygen atoms in total. The van der Waals surface area contributed by atoms with Crippen LogP contribution in [0.2, 0.25) is 0 Å². The highest BCUT2D eigenvalue weighted by molar-refractivity contribution is 9.10.